The number of amides is 1. The van der Waals surface area contributed by atoms with Crippen molar-refractivity contribution in [3.8, 4) is 5.75 Å². The summed E-state index contributed by atoms with van der Waals surface area (Å²) in [6.45, 7) is 7.50. The molecule has 2 aromatic rings. The molecule has 1 fully saturated rings. The van der Waals surface area contributed by atoms with E-state index < -0.39 is 12.1 Å². The standard InChI is InChI=1S/C20H26N2O4.C2H4O2/c1-3-15-10-19(23)26-18-11-16(4-5-17(15)18)25-13(2)20(24)22-12-14-6-8-21-9-7-14;1-2(3)4/h4-5,10-11,13-14,21H,3,6-9,12H2,1-2H3,(H,22,24);1H3,(H,3,4). The first-order valence-corrected chi connectivity index (χ1v) is 10.2. The summed E-state index contributed by atoms with van der Waals surface area (Å²) >= 11 is 0. The number of hydrogen-bond acceptors (Lipinski definition) is 6. The van der Waals surface area contributed by atoms with Crippen molar-refractivity contribution >= 4 is 22.8 Å². The van der Waals surface area contributed by atoms with Crippen LogP contribution in [0.5, 0.6) is 5.75 Å². The van der Waals surface area contributed by atoms with E-state index in [1.54, 1.807) is 19.1 Å². The van der Waals surface area contributed by atoms with Crippen molar-refractivity contribution < 1.29 is 23.8 Å². The maximum Gasteiger partial charge on any atom is 0.336 e. The molecular weight excluding hydrogens is 388 g/mol. The number of carboxylic acid groups (broad SMARTS) is 1. The fraction of sp³-hybridized carbons (Fsp3) is 0.500. The van der Waals surface area contributed by atoms with Crippen molar-refractivity contribution in [1.82, 2.24) is 10.6 Å². The molecule has 0 aliphatic carbocycles. The molecule has 2 heterocycles. The van der Waals surface area contributed by atoms with Crippen LogP contribution in [-0.2, 0) is 16.0 Å². The first-order valence-electron chi connectivity index (χ1n) is 10.2. The molecule has 1 aliphatic rings. The number of aliphatic carboxylic acids is 1. The predicted octanol–water partition coefficient (Wildman–Crippen LogP) is 2.33. The first kappa shape index (κ1) is 23.4. The lowest BCUT2D eigenvalue weighted by molar-refractivity contribution is -0.134. The number of carbonyl (C=O) groups excluding carboxylic acids is 1. The Morgan fingerprint density at radius 3 is 2.60 bits per heavy atom. The fourth-order valence-electron chi connectivity index (χ4n) is 3.31. The van der Waals surface area contributed by atoms with Crippen molar-refractivity contribution in [2.45, 2.75) is 46.1 Å². The summed E-state index contributed by atoms with van der Waals surface area (Å²) in [4.78, 5) is 32.9. The first-order chi connectivity index (χ1) is 14.3. The number of benzene rings is 1. The van der Waals surface area contributed by atoms with Crippen molar-refractivity contribution in [2.75, 3.05) is 19.6 Å². The largest absolute Gasteiger partial charge is 0.481 e. The number of aryl methyl sites for hydroxylation is 1. The Kier molecular flexibility index (Phi) is 8.86. The van der Waals surface area contributed by atoms with E-state index in [4.69, 9.17) is 19.1 Å². The van der Waals surface area contributed by atoms with Crippen LogP contribution in [-0.4, -0.2) is 42.7 Å². The van der Waals surface area contributed by atoms with Crippen molar-refractivity contribution in [3.05, 3.63) is 40.2 Å². The van der Waals surface area contributed by atoms with Gasteiger partial charge in [-0.1, -0.05) is 6.92 Å². The lowest BCUT2D eigenvalue weighted by atomic mass is 9.98. The van der Waals surface area contributed by atoms with E-state index in [1.165, 1.54) is 6.07 Å². The molecule has 164 valence electrons. The molecule has 8 nitrogen and oxygen atoms in total. The quantitative estimate of drug-likeness (QED) is 0.616. The highest BCUT2D eigenvalue weighted by Gasteiger charge is 2.18. The maximum atomic E-state index is 12.3. The number of carbonyl (C=O) groups is 2. The third kappa shape index (κ3) is 7.18. The van der Waals surface area contributed by atoms with E-state index in [0.29, 0.717) is 23.8 Å². The second-order valence-electron chi connectivity index (χ2n) is 7.32. The number of carboxylic acids is 1. The summed E-state index contributed by atoms with van der Waals surface area (Å²) in [6.07, 6.45) is 2.30. The second-order valence-corrected chi connectivity index (χ2v) is 7.32. The Balaban J connectivity index is 0.000000735. The highest BCUT2D eigenvalue weighted by Crippen LogP contribution is 2.23. The van der Waals surface area contributed by atoms with E-state index in [0.717, 1.165) is 50.2 Å². The van der Waals surface area contributed by atoms with Crippen LogP contribution in [0.4, 0.5) is 0 Å². The van der Waals surface area contributed by atoms with Gasteiger partial charge >= 0.3 is 5.63 Å². The molecule has 0 radical (unpaired) electrons. The van der Waals surface area contributed by atoms with Crippen LogP contribution >= 0.6 is 0 Å². The van der Waals surface area contributed by atoms with Gasteiger partial charge in [0, 0.05) is 31.0 Å². The Bertz CT molecular complexity index is 913. The summed E-state index contributed by atoms with van der Waals surface area (Å²) in [6, 6.07) is 6.86. The Labute approximate surface area is 175 Å². The number of rotatable bonds is 6. The Morgan fingerprint density at radius 1 is 1.30 bits per heavy atom. The molecule has 0 bridgehead atoms. The van der Waals surface area contributed by atoms with E-state index in [9.17, 15) is 9.59 Å². The lowest BCUT2D eigenvalue weighted by Gasteiger charge is -2.23. The minimum absolute atomic E-state index is 0.132. The number of fused-ring (bicyclic) bond motifs is 1. The molecule has 1 aromatic carbocycles. The van der Waals surface area contributed by atoms with Gasteiger partial charge in [0.05, 0.1) is 0 Å². The van der Waals surface area contributed by atoms with Gasteiger partial charge in [0.1, 0.15) is 11.3 Å². The van der Waals surface area contributed by atoms with Crippen LogP contribution < -0.4 is 21.0 Å². The summed E-state index contributed by atoms with van der Waals surface area (Å²) in [5, 5.41) is 14.6. The van der Waals surface area contributed by atoms with E-state index in [1.807, 2.05) is 13.0 Å². The lowest BCUT2D eigenvalue weighted by Crippen LogP contribution is -2.41. The molecular formula is C22H30N2O6. The molecule has 0 spiro atoms. The second kappa shape index (κ2) is 11.3. The number of nitrogens with one attached hydrogen (secondary N) is 2. The molecule has 1 aliphatic heterocycles. The monoisotopic (exact) mass is 418 g/mol. The van der Waals surface area contributed by atoms with Gasteiger partial charge in [0.15, 0.2) is 6.10 Å². The minimum atomic E-state index is -0.833. The molecule has 3 N–H and O–H groups in total. The highest BCUT2D eigenvalue weighted by molar-refractivity contribution is 5.83. The molecule has 1 atom stereocenters. The average Bonchev–Trinajstić information content (AvgIpc) is 2.71. The van der Waals surface area contributed by atoms with Crippen LogP contribution in [0.25, 0.3) is 11.0 Å². The molecule has 1 amide bonds. The summed E-state index contributed by atoms with van der Waals surface area (Å²) in [5.41, 5.74) is 1.05. The van der Waals surface area contributed by atoms with Gasteiger partial charge in [-0.05, 0) is 62.9 Å². The predicted molar refractivity (Wildman–Crippen MR) is 114 cm³/mol. The molecule has 8 heteroatoms. The van der Waals surface area contributed by atoms with E-state index >= 15 is 0 Å². The zero-order valence-electron chi connectivity index (χ0n) is 17.7. The summed E-state index contributed by atoms with van der Waals surface area (Å²) in [7, 11) is 0. The summed E-state index contributed by atoms with van der Waals surface area (Å²) in [5.74, 6) is 0.0700. The zero-order chi connectivity index (χ0) is 22.1. The molecule has 30 heavy (non-hydrogen) atoms. The molecule has 1 saturated heterocycles. The molecule has 0 saturated carbocycles. The normalized spacial score (nSPS) is 15.0. The van der Waals surface area contributed by atoms with Gasteiger partial charge in [-0.15, -0.1) is 0 Å². The minimum Gasteiger partial charge on any atom is -0.481 e. The molecule has 1 unspecified atom stereocenters. The van der Waals surface area contributed by atoms with Gasteiger partial charge in [-0.25, -0.2) is 4.79 Å². The smallest absolute Gasteiger partial charge is 0.336 e. The van der Waals surface area contributed by atoms with Crippen molar-refractivity contribution in [2.24, 2.45) is 5.92 Å². The molecule has 3 rings (SSSR count). The fourth-order valence-corrected chi connectivity index (χ4v) is 3.31. The number of hydrogen-bond donors (Lipinski definition) is 3. The van der Waals surface area contributed by atoms with Crippen molar-refractivity contribution in [3.63, 3.8) is 0 Å². The topological polar surface area (TPSA) is 118 Å². The maximum absolute atomic E-state index is 12.3. The number of piperidine rings is 1. The Morgan fingerprint density at radius 2 is 1.97 bits per heavy atom. The van der Waals surface area contributed by atoms with E-state index in [2.05, 4.69) is 10.6 Å². The van der Waals surface area contributed by atoms with Gasteiger partial charge in [-0.3, -0.25) is 9.59 Å². The van der Waals surface area contributed by atoms with Gasteiger partial charge < -0.3 is 24.9 Å². The van der Waals surface area contributed by atoms with Crippen LogP contribution in [0.3, 0.4) is 0 Å². The van der Waals surface area contributed by atoms with Crippen LogP contribution in [0, 0.1) is 5.92 Å². The zero-order valence-corrected chi connectivity index (χ0v) is 17.7. The Hall–Kier alpha value is -2.87. The molecule has 1 aromatic heterocycles. The van der Waals surface area contributed by atoms with Gasteiger partial charge in [0.2, 0.25) is 0 Å². The van der Waals surface area contributed by atoms with Crippen LogP contribution in [0.15, 0.2) is 33.5 Å². The van der Waals surface area contributed by atoms with Gasteiger partial charge in [-0.2, -0.15) is 0 Å². The third-order valence-electron chi connectivity index (χ3n) is 4.89. The summed E-state index contributed by atoms with van der Waals surface area (Å²) < 4.78 is 11.0. The highest BCUT2D eigenvalue weighted by atomic mass is 16.5. The number of ether oxygens (including phenoxy) is 1. The van der Waals surface area contributed by atoms with E-state index in [-0.39, 0.29) is 11.5 Å². The average molecular weight is 418 g/mol. The van der Waals surface area contributed by atoms with Crippen LogP contribution in [0.2, 0.25) is 0 Å². The van der Waals surface area contributed by atoms with Gasteiger partial charge in [0.25, 0.3) is 11.9 Å². The third-order valence-corrected chi connectivity index (χ3v) is 4.89. The SMILES string of the molecule is CC(=O)O.CCc1cc(=O)oc2cc(OC(C)C(=O)NCC3CCNCC3)ccc12. The van der Waals surface area contributed by atoms with Crippen molar-refractivity contribution in [1.29, 1.82) is 0 Å². The van der Waals surface area contributed by atoms with Crippen LogP contribution in [0.1, 0.15) is 39.2 Å².